The van der Waals surface area contributed by atoms with Crippen molar-refractivity contribution in [3.05, 3.63) is 28.2 Å². The molecule has 0 radical (unpaired) electrons. The number of benzene rings is 1. The number of carbonyl (C=O) groups is 1. The summed E-state index contributed by atoms with van der Waals surface area (Å²) in [6.45, 7) is 6.07. The number of hydrogen-bond acceptors (Lipinski definition) is 3. The van der Waals surface area contributed by atoms with E-state index in [2.05, 4.69) is 15.9 Å². The lowest BCUT2D eigenvalue weighted by molar-refractivity contribution is 0.0315. The van der Waals surface area contributed by atoms with Crippen LogP contribution in [-0.4, -0.2) is 34.6 Å². The van der Waals surface area contributed by atoms with Crippen molar-refractivity contribution in [3.63, 3.8) is 0 Å². The fraction of sp³-hybridized carbons (Fsp3) is 0.462. The molecule has 1 rings (SSSR count). The topological polar surface area (TPSA) is 66.6 Å². The molecule has 0 saturated heterocycles. The van der Waals surface area contributed by atoms with E-state index in [4.69, 9.17) is 5.73 Å². The molecule has 1 aromatic rings. The predicted molar refractivity (Wildman–Crippen MR) is 76.4 cm³/mol. The number of rotatable bonds is 4. The van der Waals surface area contributed by atoms with Crippen LogP contribution in [0, 0.1) is 0 Å². The highest BCUT2D eigenvalue weighted by molar-refractivity contribution is 9.10. The van der Waals surface area contributed by atoms with Gasteiger partial charge in [0, 0.05) is 28.8 Å². The first-order chi connectivity index (χ1) is 8.24. The van der Waals surface area contributed by atoms with Gasteiger partial charge in [0.15, 0.2) is 0 Å². The summed E-state index contributed by atoms with van der Waals surface area (Å²) < 4.78 is 0.768. The number of carbonyl (C=O) groups excluding carboxylic acids is 1. The molecular weight excluding hydrogens is 296 g/mol. The zero-order chi connectivity index (χ0) is 13.9. The lowest BCUT2D eigenvalue weighted by Crippen LogP contribution is -2.42. The van der Waals surface area contributed by atoms with Crippen molar-refractivity contribution in [2.45, 2.75) is 26.4 Å². The van der Waals surface area contributed by atoms with Gasteiger partial charge in [-0.05, 0) is 54.9 Å². The summed E-state index contributed by atoms with van der Waals surface area (Å²) in [7, 11) is 0. The van der Waals surface area contributed by atoms with Crippen molar-refractivity contribution in [1.29, 1.82) is 0 Å². The summed E-state index contributed by atoms with van der Waals surface area (Å²) in [5.41, 5.74) is 5.91. The largest absolute Gasteiger partial charge is 0.398 e. The predicted octanol–water partition coefficient (Wildman–Crippen LogP) is 2.26. The van der Waals surface area contributed by atoms with Crippen LogP contribution in [0.15, 0.2) is 22.7 Å². The van der Waals surface area contributed by atoms with Crippen molar-refractivity contribution in [2.24, 2.45) is 0 Å². The molecule has 0 bridgehead atoms. The van der Waals surface area contributed by atoms with Crippen LogP contribution in [0.4, 0.5) is 5.69 Å². The fourth-order valence-corrected chi connectivity index (χ4v) is 1.90. The van der Waals surface area contributed by atoms with Crippen LogP contribution in [0.2, 0.25) is 0 Å². The molecule has 0 aliphatic carbocycles. The molecule has 0 heterocycles. The maximum atomic E-state index is 12.3. The first kappa shape index (κ1) is 15.0. The van der Waals surface area contributed by atoms with Crippen LogP contribution in [0.25, 0.3) is 0 Å². The number of halogens is 1. The van der Waals surface area contributed by atoms with Gasteiger partial charge >= 0.3 is 0 Å². The van der Waals surface area contributed by atoms with E-state index in [9.17, 15) is 9.90 Å². The molecule has 18 heavy (non-hydrogen) atoms. The highest BCUT2D eigenvalue weighted by atomic mass is 79.9. The first-order valence-corrected chi connectivity index (χ1v) is 6.60. The van der Waals surface area contributed by atoms with E-state index in [-0.39, 0.29) is 12.5 Å². The van der Waals surface area contributed by atoms with E-state index in [1.165, 1.54) is 0 Å². The van der Waals surface area contributed by atoms with E-state index in [0.29, 0.717) is 17.8 Å². The highest BCUT2D eigenvalue weighted by Gasteiger charge is 2.22. The first-order valence-electron chi connectivity index (χ1n) is 5.81. The van der Waals surface area contributed by atoms with E-state index >= 15 is 0 Å². The van der Waals surface area contributed by atoms with Crippen molar-refractivity contribution in [3.8, 4) is 0 Å². The number of amides is 1. The quantitative estimate of drug-likeness (QED) is 0.838. The number of likely N-dealkylation sites (N-methyl/N-ethyl adjacent to an activating group) is 1. The number of nitrogen functional groups attached to an aromatic ring is 1. The summed E-state index contributed by atoms with van der Waals surface area (Å²) in [4.78, 5) is 13.9. The Kier molecular flexibility index (Phi) is 4.76. The Labute approximate surface area is 116 Å². The average molecular weight is 315 g/mol. The maximum absolute atomic E-state index is 12.3. The van der Waals surface area contributed by atoms with Crippen molar-refractivity contribution in [1.82, 2.24) is 4.90 Å². The zero-order valence-corrected chi connectivity index (χ0v) is 12.5. The Bertz CT molecular complexity index is 441. The lowest BCUT2D eigenvalue weighted by Gasteiger charge is -2.28. The average Bonchev–Trinajstić information content (AvgIpc) is 2.27. The molecule has 0 atom stereocenters. The van der Waals surface area contributed by atoms with Gasteiger partial charge in [-0.25, -0.2) is 0 Å². The van der Waals surface area contributed by atoms with Crippen LogP contribution < -0.4 is 5.73 Å². The minimum Gasteiger partial charge on any atom is -0.398 e. The zero-order valence-electron chi connectivity index (χ0n) is 10.9. The summed E-state index contributed by atoms with van der Waals surface area (Å²) in [5, 5.41) is 9.79. The number of anilines is 1. The fourth-order valence-electron chi connectivity index (χ4n) is 1.65. The third-order valence-corrected chi connectivity index (χ3v) is 3.21. The Hall–Kier alpha value is -1.07. The van der Waals surface area contributed by atoms with Gasteiger partial charge in [-0.2, -0.15) is 0 Å². The molecule has 0 fully saturated rings. The van der Waals surface area contributed by atoms with Gasteiger partial charge in [-0.3, -0.25) is 4.79 Å². The summed E-state index contributed by atoms with van der Waals surface area (Å²) >= 11 is 3.29. The van der Waals surface area contributed by atoms with Gasteiger partial charge < -0.3 is 15.7 Å². The number of hydrogen-bond donors (Lipinski definition) is 2. The van der Waals surface area contributed by atoms with Gasteiger partial charge in [-0.15, -0.1) is 0 Å². The third-order valence-electron chi connectivity index (χ3n) is 2.49. The van der Waals surface area contributed by atoms with Crippen LogP contribution in [-0.2, 0) is 0 Å². The molecule has 1 amide bonds. The minimum atomic E-state index is -0.910. The summed E-state index contributed by atoms with van der Waals surface area (Å²) in [5.74, 6) is -0.126. The van der Waals surface area contributed by atoms with E-state index in [1.54, 1.807) is 36.9 Å². The molecule has 0 aromatic heterocycles. The molecule has 0 aliphatic heterocycles. The minimum absolute atomic E-state index is 0.126. The lowest BCUT2D eigenvalue weighted by atomic mass is 10.1. The second kappa shape index (κ2) is 5.71. The SMILES string of the molecule is CCN(CC(C)(C)O)C(=O)c1ccc(Br)c(N)c1. The van der Waals surface area contributed by atoms with E-state index < -0.39 is 5.60 Å². The van der Waals surface area contributed by atoms with Crippen LogP contribution in [0.5, 0.6) is 0 Å². The molecule has 0 aliphatic rings. The molecular formula is C13H19BrN2O2. The van der Waals surface area contributed by atoms with Gasteiger partial charge in [0.25, 0.3) is 5.91 Å². The summed E-state index contributed by atoms with van der Waals surface area (Å²) in [6, 6.07) is 5.11. The normalized spacial score (nSPS) is 11.4. The van der Waals surface area contributed by atoms with Gasteiger partial charge in [0.1, 0.15) is 0 Å². The van der Waals surface area contributed by atoms with Crippen molar-refractivity contribution in [2.75, 3.05) is 18.8 Å². The maximum Gasteiger partial charge on any atom is 0.254 e. The molecule has 0 unspecified atom stereocenters. The van der Waals surface area contributed by atoms with Crippen molar-refractivity contribution < 1.29 is 9.90 Å². The Morgan fingerprint density at radius 3 is 2.56 bits per heavy atom. The Morgan fingerprint density at radius 2 is 2.11 bits per heavy atom. The highest BCUT2D eigenvalue weighted by Crippen LogP contribution is 2.21. The standard InChI is InChI=1S/C13H19BrN2O2/c1-4-16(8-13(2,3)18)12(17)9-5-6-10(14)11(15)7-9/h5-7,18H,4,8,15H2,1-3H3. The molecule has 0 saturated carbocycles. The van der Waals surface area contributed by atoms with Gasteiger partial charge in [-0.1, -0.05) is 0 Å². The van der Waals surface area contributed by atoms with E-state index in [1.807, 2.05) is 6.92 Å². The number of nitrogens with zero attached hydrogens (tertiary/aromatic N) is 1. The second-order valence-corrected chi connectivity index (χ2v) is 5.72. The molecule has 3 N–H and O–H groups in total. The molecule has 4 nitrogen and oxygen atoms in total. The summed E-state index contributed by atoms with van der Waals surface area (Å²) in [6.07, 6.45) is 0. The molecule has 0 spiro atoms. The Balaban J connectivity index is 2.93. The second-order valence-electron chi connectivity index (χ2n) is 4.87. The number of aliphatic hydroxyl groups is 1. The Morgan fingerprint density at radius 1 is 1.50 bits per heavy atom. The van der Waals surface area contributed by atoms with E-state index in [0.717, 1.165) is 4.47 Å². The molecule has 1 aromatic carbocycles. The van der Waals surface area contributed by atoms with Gasteiger partial charge in [0.2, 0.25) is 0 Å². The third kappa shape index (κ3) is 3.99. The smallest absolute Gasteiger partial charge is 0.254 e. The van der Waals surface area contributed by atoms with Crippen LogP contribution in [0.3, 0.4) is 0 Å². The van der Waals surface area contributed by atoms with Gasteiger partial charge in [0.05, 0.1) is 5.60 Å². The van der Waals surface area contributed by atoms with Crippen molar-refractivity contribution >= 4 is 27.5 Å². The molecule has 100 valence electrons. The van der Waals surface area contributed by atoms with Crippen LogP contribution >= 0.6 is 15.9 Å². The van der Waals surface area contributed by atoms with Crippen LogP contribution in [0.1, 0.15) is 31.1 Å². The number of nitrogens with two attached hydrogens (primary N) is 1. The molecule has 5 heteroatoms. The monoisotopic (exact) mass is 314 g/mol.